The van der Waals surface area contributed by atoms with Gasteiger partial charge in [-0.25, -0.2) is 4.39 Å². The maximum Gasteiger partial charge on any atom is 0.173 e. The number of nitrogen functional groups attached to an aromatic ring is 1. The van der Waals surface area contributed by atoms with Gasteiger partial charge >= 0.3 is 0 Å². The number of rotatable bonds is 2. The van der Waals surface area contributed by atoms with Crippen molar-refractivity contribution in [1.82, 2.24) is 0 Å². The summed E-state index contributed by atoms with van der Waals surface area (Å²) >= 11 is 0. The lowest BCUT2D eigenvalue weighted by Crippen LogP contribution is -2.14. The number of fused-ring (bicyclic) bond motifs is 1. The van der Waals surface area contributed by atoms with Crippen molar-refractivity contribution in [2.24, 2.45) is 0 Å². The molecule has 3 rings (SSSR count). The average Bonchev–Trinajstić information content (AvgIpc) is 2.85. The molecule has 1 aliphatic rings. The van der Waals surface area contributed by atoms with Crippen LogP contribution >= 0.6 is 0 Å². The summed E-state index contributed by atoms with van der Waals surface area (Å²) in [7, 11) is 0. The Labute approximate surface area is 109 Å². The van der Waals surface area contributed by atoms with Gasteiger partial charge in [0.1, 0.15) is 18.2 Å². The van der Waals surface area contributed by atoms with Crippen molar-refractivity contribution < 1.29 is 13.9 Å². The first-order valence-corrected chi connectivity index (χ1v) is 5.98. The van der Waals surface area contributed by atoms with Crippen LogP contribution in [-0.4, -0.2) is 12.4 Å². The molecule has 1 atom stereocenters. The van der Waals surface area contributed by atoms with Gasteiger partial charge in [0.2, 0.25) is 0 Å². The summed E-state index contributed by atoms with van der Waals surface area (Å²) < 4.78 is 18.9. The number of hydrogen-bond donors (Lipinski definition) is 1. The highest BCUT2D eigenvalue weighted by Crippen LogP contribution is 2.35. The van der Waals surface area contributed by atoms with Gasteiger partial charge in [-0.1, -0.05) is 18.2 Å². The Morgan fingerprint density at radius 1 is 1.26 bits per heavy atom. The number of carbonyl (C=O) groups is 1. The predicted octanol–water partition coefficient (Wildman–Crippen LogP) is 2.77. The molecule has 0 radical (unpaired) electrons. The average molecular weight is 257 g/mol. The van der Waals surface area contributed by atoms with E-state index in [1.165, 1.54) is 12.1 Å². The first-order chi connectivity index (χ1) is 9.16. The quantitative estimate of drug-likeness (QED) is 0.664. The van der Waals surface area contributed by atoms with Crippen molar-refractivity contribution in [2.45, 2.75) is 5.92 Å². The van der Waals surface area contributed by atoms with Gasteiger partial charge in [-0.15, -0.1) is 0 Å². The number of anilines is 1. The van der Waals surface area contributed by atoms with Gasteiger partial charge < -0.3 is 10.5 Å². The Bertz CT molecular complexity index is 654. The smallest absolute Gasteiger partial charge is 0.173 e. The fraction of sp³-hybridized carbons (Fsp3) is 0.133. The fourth-order valence-electron chi connectivity index (χ4n) is 2.26. The molecule has 1 aliphatic heterocycles. The molecule has 1 unspecified atom stereocenters. The van der Waals surface area contributed by atoms with E-state index in [4.69, 9.17) is 10.5 Å². The van der Waals surface area contributed by atoms with Crippen molar-refractivity contribution in [2.75, 3.05) is 12.3 Å². The first-order valence-electron chi connectivity index (χ1n) is 5.98. The molecular weight excluding hydrogens is 245 g/mol. The van der Waals surface area contributed by atoms with E-state index in [-0.39, 0.29) is 17.4 Å². The molecule has 2 aromatic rings. The van der Waals surface area contributed by atoms with Gasteiger partial charge in [0.05, 0.1) is 11.6 Å². The van der Waals surface area contributed by atoms with Gasteiger partial charge in [-0.05, 0) is 24.3 Å². The summed E-state index contributed by atoms with van der Waals surface area (Å²) in [5, 5.41) is 0. The van der Waals surface area contributed by atoms with Gasteiger partial charge in [-0.2, -0.15) is 0 Å². The molecule has 1 heterocycles. The highest BCUT2D eigenvalue weighted by atomic mass is 19.1. The summed E-state index contributed by atoms with van der Waals surface area (Å²) in [6.07, 6.45) is 0. The zero-order valence-corrected chi connectivity index (χ0v) is 10.1. The minimum absolute atomic E-state index is 0.0413. The van der Waals surface area contributed by atoms with Crippen LogP contribution in [0.5, 0.6) is 5.75 Å². The number of nitrogens with two attached hydrogens (primary N) is 1. The summed E-state index contributed by atoms with van der Waals surface area (Å²) in [5.41, 5.74) is 6.62. The van der Waals surface area contributed by atoms with Crippen LogP contribution in [0.4, 0.5) is 10.1 Å². The number of ketones is 1. The number of carbonyl (C=O) groups excluding carboxylic acids is 1. The molecule has 0 aliphatic carbocycles. The number of ether oxygens (including phenoxy) is 1. The molecule has 96 valence electrons. The normalized spacial score (nSPS) is 16.8. The predicted molar refractivity (Wildman–Crippen MR) is 69.8 cm³/mol. The van der Waals surface area contributed by atoms with Gasteiger partial charge in [0, 0.05) is 11.1 Å². The van der Waals surface area contributed by atoms with Crippen molar-refractivity contribution in [1.29, 1.82) is 0 Å². The molecule has 3 nitrogen and oxygen atoms in total. The number of benzene rings is 2. The van der Waals surface area contributed by atoms with Crippen LogP contribution < -0.4 is 10.5 Å². The van der Waals surface area contributed by atoms with Crippen LogP contribution in [0.3, 0.4) is 0 Å². The van der Waals surface area contributed by atoms with Crippen LogP contribution in [0, 0.1) is 5.82 Å². The van der Waals surface area contributed by atoms with Crippen LogP contribution in [0.1, 0.15) is 21.8 Å². The Morgan fingerprint density at radius 2 is 2.05 bits per heavy atom. The minimum atomic E-state index is -0.571. The molecule has 2 aromatic carbocycles. The van der Waals surface area contributed by atoms with E-state index < -0.39 is 5.82 Å². The van der Waals surface area contributed by atoms with Crippen LogP contribution in [0.15, 0.2) is 42.5 Å². The zero-order valence-electron chi connectivity index (χ0n) is 10.1. The van der Waals surface area contributed by atoms with Crippen molar-refractivity contribution >= 4 is 11.5 Å². The number of Topliss-reactive ketones (excluding diaryl/α,β-unsaturated/α-hetero) is 1. The topological polar surface area (TPSA) is 52.3 Å². The number of hydrogen-bond acceptors (Lipinski definition) is 3. The van der Waals surface area contributed by atoms with Gasteiger partial charge in [-0.3, -0.25) is 4.79 Å². The van der Waals surface area contributed by atoms with E-state index in [1.54, 1.807) is 6.07 Å². The third-order valence-electron chi connectivity index (χ3n) is 3.30. The van der Waals surface area contributed by atoms with Gasteiger partial charge in [0.15, 0.2) is 5.78 Å². The maximum atomic E-state index is 13.4. The third-order valence-corrected chi connectivity index (χ3v) is 3.30. The molecule has 0 saturated carbocycles. The molecule has 0 fully saturated rings. The molecule has 0 amide bonds. The standard InChI is InChI=1S/C15H12FNO2/c16-12-7-9(5-6-13(12)17)15(18)11-8-19-14-4-2-1-3-10(11)14/h1-7,11H,8,17H2. The maximum absolute atomic E-state index is 13.4. The van der Waals surface area contributed by atoms with E-state index in [0.717, 1.165) is 11.3 Å². The summed E-state index contributed by atoms with van der Waals surface area (Å²) in [6.45, 7) is 0.296. The number of para-hydroxylation sites is 1. The Balaban J connectivity index is 1.95. The second-order valence-corrected chi connectivity index (χ2v) is 4.50. The monoisotopic (exact) mass is 257 g/mol. The SMILES string of the molecule is Nc1ccc(C(=O)C2COc3ccccc32)cc1F. The fourth-order valence-corrected chi connectivity index (χ4v) is 2.26. The minimum Gasteiger partial charge on any atom is -0.492 e. The first kappa shape index (κ1) is 11.7. The number of halogens is 1. The molecule has 0 bridgehead atoms. The van der Waals surface area contributed by atoms with Crippen LogP contribution in [0.25, 0.3) is 0 Å². The van der Waals surface area contributed by atoms with E-state index >= 15 is 0 Å². The van der Waals surface area contributed by atoms with Crippen molar-refractivity contribution in [3.8, 4) is 5.75 Å². The lowest BCUT2D eigenvalue weighted by molar-refractivity contribution is 0.0947. The zero-order chi connectivity index (χ0) is 13.4. The largest absolute Gasteiger partial charge is 0.492 e. The molecule has 19 heavy (non-hydrogen) atoms. The summed E-state index contributed by atoms with van der Waals surface area (Å²) in [4.78, 5) is 12.4. The Morgan fingerprint density at radius 3 is 2.84 bits per heavy atom. The van der Waals surface area contributed by atoms with Gasteiger partial charge in [0.25, 0.3) is 0 Å². The molecular formula is C15H12FNO2. The summed E-state index contributed by atoms with van der Waals surface area (Å²) in [6, 6.07) is 11.5. The van der Waals surface area contributed by atoms with Crippen LogP contribution in [0.2, 0.25) is 0 Å². The Hall–Kier alpha value is -2.36. The van der Waals surface area contributed by atoms with E-state index in [2.05, 4.69) is 0 Å². The molecule has 0 saturated heterocycles. The molecule has 0 aromatic heterocycles. The highest BCUT2D eigenvalue weighted by molar-refractivity contribution is 6.02. The lowest BCUT2D eigenvalue weighted by atomic mass is 9.92. The molecule has 2 N–H and O–H groups in total. The van der Waals surface area contributed by atoms with Crippen molar-refractivity contribution in [3.63, 3.8) is 0 Å². The van der Waals surface area contributed by atoms with E-state index in [9.17, 15) is 9.18 Å². The lowest BCUT2D eigenvalue weighted by Gasteiger charge is -2.08. The Kier molecular flexibility index (Phi) is 2.71. The van der Waals surface area contributed by atoms with Crippen molar-refractivity contribution in [3.05, 3.63) is 59.4 Å². The highest BCUT2D eigenvalue weighted by Gasteiger charge is 2.30. The molecule has 4 heteroatoms. The third kappa shape index (κ3) is 1.95. The second-order valence-electron chi connectivity index (χ2n) is 4.50. The summed E-state index contributed by atoms with van der Waals surface area (Å²) in [5.74, 6) is -0.377. The second kappa shape index (κ2) is 4.39. The van der Waals surface area contributed by atoms with E-state index in [0.29, 0.717) is 12.2 Å². The van der Waals surface area contributed by atoms with E-state index in [1.807, 2.05) is 24.3 Å². The molecule has 0 spiro atoms. The van der Waals surface area contributed by atoms with Crippen LogP contribution in [-0.2, 0) is 0 Å².